The lowest BCUT2D eigenvalue weighted by Gasteiger charge is -2.34. The first kappa shape index (κ1) is 22.3. The van der Waals surface area contributed by atoms with E-state index in [0.717, 1.165) is 44.1 Å². The number of likely N-dealkylation sites (N-methyl/N-ethyl adjacent to an activating group) is 1. The number of halogens is 1. The number of benzene rings is 1. The summed E-state index contributed by atoms with van der Waals surface area (Å²) in [5.41, 5.74) is 1.15. The van der Waals surface area contributed by atoms with Crippen molar-refractivity contribution >= 4 is 46.3 Å². The van der Waals surface area contributed by atoms with Crippen LogP contribution in [0.1, 0.15) is 33.9 Å². The van der Waals surface area contributed by atoms with Crippen molar-refractivity contribution in [3.05, 3.63) is 51.2 Å². The van der Waals surface area contributed by atoms with Crippen molar-refractivity contribution in [3.63, 3.8) is 0 Å². The monoisotopic (exact) mass is 448 g/mol. The Kier molecular flexibility index (Phi) is 7.47. The summed E-state index contributed by atoms with van der Waals surface area (Å²) in [7, 11) is 0. The lowest BCUT2D eigenvalue weighted by Crippen LogP contribution is -2.48. The summed E-state index contributed by atoms with van der Waals surface area (Å²) in [6.45, 7) is 7.94. The van der Waals surface area contributed by atoms with Gasteiger partial charge in [0.1, 0.15) is 6.04 Å². The number of carbonyl (C=O) groups excluding carboxylic acids is 3. The summed E-state index contributed by atoms with van der Waals surface area (Å²) in [5, 5.41) is 5.40. The van der Waals surface area contributed by atoms with Gasteiger partial charge in [0.2, 0.25) is 5.91 Å². The van der Waals surface area contributed by atoms with E-state index in [1.807, 2.05) is 4.90 Å². The third-order valence-electron chi connectivity index (χ3n) is 5.04. The molecule has 1 aromatic carbocycles. The summed E-state index contributed by atoms with van der Waals surface area (Å²) in [4.78, 5) is 41.8. The van der Waals surface area contributed by atoms with Gasteiger partial charge in [-0.25, -0.2) is 0 Å². The van der Waals surface area contributed by atoms with Gasteiger partial charge in [-0.15, -0.1) is 11.3 Å². The molecule has 0 spiro atoms. The predicted octanol–water partition coefficient (Wildman–Crippen LogP) is 2.94. The first-order chi connectivity index (χ1) is 14.4. The maximum absolute atomic E-state index is 12.7. The van der Waals surface area contributed by atoms with Crippen molar-refractivity contribution in [1.82, 2.24) is 15.1 Å². The van der Waals surface area contributed by atoms with Crippen LogP contribution in [0.25, 0.3) is 0 Å². The van der Waals surface area contributed by atoms with Crippen molar-refractivity contribution in [2.45, 2.75) is 19.9 Å². The summed E-state index contributed by atoms with van der Waals surface area (Å²) in [6.07, 6.45) is 0. The molecule has 1 saturated heterocycles. The van der Waals surface area contributed by atoms with Crippen LogP contribution in [0.5, 0.6) is 0 Å². The second-order valence-corrected chi connectivity index (χ2v) is 8.81. The Morgan fingerprint density at radius 2 is 1.73 bits per heavy atom. The van der Waals surface area contributed by atoms with Crippen LogP contribution in [-0.2, 0) is 4.79 Å². The Balaban J connectivity index is 1.52. The molecule has 1 unspecified atom stereocenters. The number of amides is 3. The van der Waals surface area contributed by atoms with E-state index in [9.17, 15) is 14.4 Å². The third-order valence-corrected chi connectivity index (χ3v) is 6.27. The molecule has 2 N–H and O–H groups in total. The minimum atomic E-state index is -0.727. The van der Waals surface area contributed by atoms with Crippen molar-refractivity contribution in [2.75, 3.05) is 38.0 Å². The SMILES string of the molecule is CCN1CCN(C(=O)c2ccc(NC(=O)C(C)NC(=O)c3ccc(Cl)s3)cc2)CC1. The maximum atomic E-state index is 12.7. The number of piperazine rings is 1. The minimum Gasteiger partial charge on any atom is -0.340 e. The van der Waals surface area contributed by atoms with Crippen molar-refractivity contribution in [1.29, 1.82) is 0 Å². The van der Waals surface area contributed by atoms with E-state index in [2.05, 4.69) is 22.5 Å². The lowest BCUT2D eigenvalue weighted by molar-refractivity contribution is -0.117. The van der Waals surface area contributed by atoms with Crippen LogP contribution in [0.15, 0.2) is 36.4 Å². The number of hydrogen-bond donors (Lipinski definition) is 2. The Hall–Kier alpha value is -2.42. The molecule has 7 nitrogen and oxygen atoms in total. The van der Waals surface area contributed by atoms with E-state index in [-0.39, 0.29) is 17.7 Å². The minimum absolute atomic E-state index is 0.00105. The zero-order valence-electron chi connectivity index (χ0n) is 17.0. The van der Waals surface area contributed by atoms with Crippen molar-refractivity contribution in [2.24, 2.45) is 0 Å². The molecule has 2 aromatic rings. The molecule has 1 aromatic heterocycles. The summed E-state index contributed by atoms with van der Waals surface area (Å²) < 4.78 is 0.513. The van der Waals surface area contributed by atoms with E-state index < -0.39 is 6.04 Å². The van der Waals surface area contributed by atoms with Gasteiger partial charge in [0, 0.05) is 37.4 Å². The molecule has 160 valence electrons. The highest BCUT2D eigenvalue weighted by atomic mass is 35.5. The highest BCUT2D eigenvalue weighted by Gasteiger charge is 2.22. The van der Waals surface area contributed by atoms with Crippen molar-refractivity contribution < 1.29 is 14.4 Å². The first-order valence-corrected chi connectivity index (χ1v) is 11.1. The fraction of sp³-hybridized carbons (Fsp3) is 0.381. The molecule has 0 saturated carbocycles. The molecule has 30 heavy (non-hydrogen) atoms. The molecule has 1 aliphatic heterocycles. The second-order valence-electron chi connectivity index (χ2n) is 7.09. The van der Waals surface area contributed by atoms with Crippen LogP contribution in [0.3, 0.4) is 0 Å². The van der Waals surface area contributed by atoms with Crippen LogP contribution >= 0.6 is 22.9 Å². The molecule has 9 heteroatoms. The molecule has 1 aliphatic rings. The van der Waals surface area contributed by atoms with Crippen molar-refractivity contribution in [3.8, 4) is 0 Å². The van der Waals surface area contributed by atoms with Crippen LogP contribution in [0, 0.1) is 0 Å². The van der Waals surface area contributed by atoms with Crippen LogP contribution in [-0.4, -0.2) is 66.3 Å². The Morgan fingerprint density at radius 3 is 2.30 bits per heavy atom. The number of thiophene rings is 1. The molecular formula is C21H25ClN4O3S. The highest BCUT2D eigenvalue weighted by molar-refractivity contribution is 7.18. The van der Waals surface area contributed by atoms with Gasteiger partial charge in [-0.3, -0.25) is 14.4 Å². The largest absolute Gasteiger partial charge is 0.340 e. The fourth-order valence-electron chi connectivity index (χ4n) is 3.17. The number of rotatable bonds is 6. The number of nitrogens with zero attached hydrogens (tertiary/aromatic N) is 2. The van der Waals surface area contributed by atoms with E-state index in [0.29, 0.717) is 20.5 Å². The fourth-order valence-corrected chi connectivity index (χ4v) is 4.11. The van der Waals surface area contributed by atoms with E-state index in [4.69, 9.17) is 11.6 Å². The molecular weight excluding hydrogens is 424 g/mol. The topological polar surface area (TPSA) is 81.8 Å². The molecule has 0 bridgehead atoms. The van der Waals surface area contributed by atoms with Gasteiger partial charge in [0.25, 0.3) is 11.8 Å². The molecule has 0 aliphatic carbocycles. The van der Waals surface area contributed by atoms with Gasteiger partial charge < -0.3 is 20.4 Å². The quantitative estimate of drug-likeness (QED) is 0.711. The summed E-state index contributed by atoms with van der Waals surface area (Å²) >= 11 is 6.99. The van der Waals surface area contributed by atoms with Gasteiger partial charge in [-0.1, -0.05) is 18.5 Å². The average molecular weight is 449 g/mol. The predicted molar refractivity (Wildman–Crippen MR) is 119 cm³/mol. The molecule has 1 fully saturated rings. The van der Waals surface area contributed by atoms with Gasteiger partial charge in [-0.05, 0) is 49.9 Å². The Labute approximate surface area is 185 Å². The molecule has 1 atom stereocenters. The first-order valence-electron chi connectivity index (χ1n) is 9.86. The highest BCUT2D eigenvalue weighted by Crippen LogP contribution is 2.21. The number of hydrogen-bond acceptors (Lipinski definition) is 5. The normalized spacial score (nSPS) is 15.5. The standard InChI is InChI=1S/C21H25ClN4O3S/c1-3-25-10-12-26(13-11-25)21(29)15-4-6-16(7-5-15)24-19(27)14(2)23-20(28)17-8-9-18(22)30-17/h4-9,14H,3,10-13H2,1-2H3,(H,23,28)(H,24,27). The van der Waals surface area contributed by atoms with Gasteiger partial charge in [0.05, 0.1) is 9.21 Å². The van der Waals surface area contributed by atoms with Gasteiger partial charge >= 0.3 is 0 Å². The van der Waals surface area contributed by atoms with Crippen LogP contribution in [0.4, 0.5) is 5.69 Å². The molecule has 2 heterocycles. The van der Waals surface area contributed by atoms with Crippen LogP contribution in [0.2, 0.25) is 4.34 Å². The summed E-state index contributed by atoms with van der Waals surface area (Å²) in [6, 6.07) is 9.34. The Morgan fingerprint density at radius 1 is 1.07 bits per heavy atom. The average Bonchev–Trinajstić information content (AvgIpc) is 3.20. The van der Waals surface area contributed by atoms with E-state index >= 15 is 0 Å². The second kappa shape index (κ2) is 10.1. The van der Waals surface area contributed by atoms with Gasteiger partial charge in [-0.2, -0.15) is 0 Å². The molecule has 0 radical (unpaired) electrons. The number of nitrogens with one attached hydrogen (secondary N) is 2. The summed E-state index contributed by atoms with van der Waals surface area (Å²) in [5.74, 6) is -0.696. The molecule has 3 amide bonds. The van der Waals surface area contributed by atoms with Crippen LogP contribution < -0.4 is 10.6 Å². The number of anilines is 1. The van der Waals surface area contributed by atoms with E-state index in [1.165, 1.54) is 0 Å². The molecule has 3 rings (SSSR count). The third kappa shape index (κ3) is 5.59. The zero-order chi connectivity index (χ0) is 21.7. The van der Waals surface area contributed by atoms with E-state index in [1.54, 1.807) is 43.3 Å². The smallest absolute Gasteiger partial charge is 0.262 e. The maximum Gasteiger partial charge on any atom is 0.262 e. The van der Waals surface area contributed by atoms with Gasteiger partial charge in [0.15, 0.2) is 0 Å². The number of carbonyl (C=O) groups is 3. The zero-order valence-corrected chi connectivity index (χ0v) is 18.6. The Bertz CT molecular complexity index is 907. The lowest BCUT2D eigenvalue weighted by atomic mass is 10.1.